The molecular formula is C5H10N2O2. The summed E-state index contributed by atoms with van der Waals surface area (Å²) in [6.07, 6.45) is -0.479. The summed E-state index contributed by atoms with van der Waals surface area (Å²) in [5.41, 5.74) is 0. The smallest absolute Gasteiger partial charge is 0.430 e. The molecule has 0 aliphatic heterocycles. The van der Waals surface area contributed by atoms with Crippen LogP contribution in [0.25, 0.3) is 0 Å². The lowest BCUT2D eigenvalue weighted by Gasteiger charge is -2.07. The first-order valence-electron chi connectivity index (χ1n) is 2.59. The van der Waals surface area contributed by atoms with Crippen LogP contribution in [0.3, 0.4) is 0 Å². The summed E-state index contributed by atoms with van der Waals surface area (Å²) in [6, 6.07) is 0. The van der Waals surface area contributed by atoms with Crippen molar-refractivity contribution < 1.29 is 9.53 Å². The van der Waals surface area contributed by atoms with Crippen molar-refractivity contribution in [2.24, 2.45) is 5.10 Å². The number of ether oxygens (including phenoxy) is 1. The largest absolute Gasteiger partial charge is 0.448 e. The van der Waals surface area contributed by atoms with E-state index in [0.29, 0.717) is 6.61 Å². The molecule has 0 aromatic rings. The van der Waals surface area contributed by atoms with E-state index < -0.39 is 6.09 Å². The van der Waals surface area contributed by atoms with Crippen LogP contribution >= 0.6 is 0 Å². The van der Waals surface area contributed by atoms with Crippen molar-refractivity contribution in [2.75, 3.05) is 13.7 Å². The fourth-order valence-electron chi connectivity index (χ4n) is 0.275. The third-order valence-electron chi connectivity index (χ3n) is 0.744. The van der Waals surface area contributed by atoms with Crippen molar-refractivity contribution in [1.82, 2.24) is 5.01 Å². The summed E-state index contributed by atoms with van der Waals surface area (Å²) in [4.78, 5) is 10.5. The second-order valence-corrected chi connectivity index (χ2v) is 1.36. The number of nitrogens with zero attached hydrogens (tertiary/aromatic N) is 2. The van der Waals surface area contributed by atoms with Gasteiger partial charge < -0.3 is 4.74 Å². The Kier molecular flexibility index (Phi) is 3.43. The van der Waals surface area contributed by atoms with Gasteiger partial charge in [-0.25, -0.2) is 9.80 Å². The van der Waals surface area contributed by atoms with Gasteiger partial charge in [0.05, 0.1) is 6.61 Å². The summed E-state index contributed by atoms with van der Waals surface area (Å²) >= 11 is 0. The minimum atomic E-state index is -0.479. The first kappa shape index (κ1) is 7.94. The molecule has 0 heterocycles. The molecule has 0 spiro atoms. The van der Waals surface area contributed by atoms with Gasteiger partial charge in [-0.3, -0.25) is 0 Å². The van der Waals surface area contributed by atoms with Crippen LogP contribution in [0.1, 0.15) is 6.92 Å². The third-order valence-corrected chi connectivity index (χ3v) is 0.744. The molecule has 0 aromatic heterocycles. The van der Waals surface area contributed by atoms with Gasteiger partial charge in [-0.15, -0.1) is 0 Å². The second kappa shape index (κ2) is 3.88. The summed E-state index contributed by atoms with van der Waals surface area (Å²) in [5, 5.41) is 4.35. The molecule has 0 saturated carbocycles. The number of amides is 1. The molecular weight excluding hydrogens is 120 g/mol. The van der Waals surface area contributed by atoms with Crippen molar-refractivity contribution in [2.45, 2.75) is 6.92 Å². The van der Waals surface area contributed by atoms with Gasteiger partial charge in [0.15, 0.2) is 0 Å². The van der Waals surface area contributed by atoms with Crippen LogP contribution in [0.5, 0.6) is 0 Å². The van der Waals surface area contributed by atoms with Crippen LogP contribution in [0.2, 0.25) is 0 Å². The minimum absolute atomic E-state index is 0.360. The molecule has 4 nitrogen and oxygen atoms in total. The quantitative estimate of drug-likeness (QED) is 0.407. The van der Waals surface area contributed by atoms with Crippen molar-refractivity contribution in [3.8, 4) is 0 Å². The Morgan fingerprint density at radius 1 is 1.89 bits per heavy atom. The number of rotatable bonds is 2. The molecule has 0 N–H and O–H groups in total. The Morgan fingerprint density at radius 3 is 2.78 bits per heavy atom. The predicted molar refractivity (Wildman–Crippen MR) is 34.3 cm³/mol. The standard InChI is InChI=1S/C5H10N2O2/c1-4-9-5(8)7(3)6-2/h2,4H2,1,3H3. The van der Waals surface area contributed by atoms with Gasteiger partial charge in [0.1, 0.15) is 0 Å². The zero-order valence-corrected chi connectivity index (χ0v) is 5.63. The number of hydrazone groups is 1. The van der Waals surface area contributed by atoms with Gasteiger partial charge in [-0.2, -0.15) is 5.10 Å². The van der Waals surface area contributed by atoms with Crippen molar-refractivity contribution in [3.63, 3.8) is 0 Å². The Morgan fingerprint density at radius 2 is 2.44 bits per heavy atom. The molecule has 52 valence electrons. The van der Waals surface area contributed by atoms with Crippen LogP contribution in [0.15, 0.2) is 5.10 Å². The highest BCUT2D eigenvalue weighted by Gasteiger charge is 2.03. The van der Waals surface area contributed by atoms with E-state index in [9.17, 15) is 4.79 Å². The average Bonchev–Trinajstić information content (AvgIpc) is 1.87. The third kappa shape index (κ3) is 2.69. The van der Waals surface area contributed by atoms with Crippen LogP contribution in [0, 0.1) is 0 Å². The zero-order valence-electron chi connectivity index (χ0n) is 5.63. The van der Waals surface area contributed by atoms with E-state index in [1.54, 1.807) is 6.92 Å². The Bertz CT molecular complexity index is 114. The maximum atomic E-state index is 10.5. The van der Waals surface area contributed by atoms with E-state index in [-0.39, 0.29) is 0 Å². The van der Waals surface area contributed by atoms with Gasteiger partial charge >= 0.3 is 6.09 Å². The number of carbonyl (C=O) groups excluding carboxylic acids is 1. The van der Waals surface area contributed by atoms with Crippen molar-refractivity contribution in [3.05, 3.63) is 0 Å². The number of hydrogen-bond acceptors (Lipinski definition) is 3. The molecule has 0 atom stereocenters. The molecule has 0 saturated heterocycles. The predicted octanol–water partition coefficient (Wildman–Crippen LogP) is 0.690. The van der Waals surface area contributed by atoms with E-state index in [1.807, 2.05) is 0 Å². The van der Waals surface area contributed by atoms with Crippen molar-refractivity contribution in [1.29, 1.82) is 0 Å². The molecule has 1 amide bonds. The highest BCUT2D eigenvalue weighted by Crippen LogP contribution is 1.87. The normalized spacial score (nSPS) is 8.22. The van der Waals surface area contributed by atoms with E-state index >= 15 is 0 Å². The summed E-state index contributed by atoms with van der Waals surface area (Å²) in [6.45, 7) is 5.23. The van der Waals surface area contributed by atoms with Crippen molar-refractivity contribution >= 4 is 12.8 Å². The highest BCUT2D eigenvalue weighted by molar-refractivity contribution is 5.67. The molecule has 9 heavy (non-hydrogen) atoms. The molecule has 0 aliphatic rings. The highest BCUT2D eigenvalue weighted by atomic mass is 16.6. The number of hydrogen-bond donors (Lipinski definition) is 0. The fourth-order valence-corrected chi connectivity index (χ4v) is 0.275. The molecule has 0 aliphatic carbocycles. The molecule has 0 radical (unpaired) electrons. The Labute approximate surface area is 54.1 Å². The maximum Gasteiger partial charge on any atom is 0.430 e. The SMILES string of the molecule is C=NN(C)C(=O)OCC. The van der Waals surface area contributed by atoms with Gasteiger partial charge in [-0.05, 0) is 6.92 Å². The lowest BCUT2D eigenvalue weighted by molar-refractivity contribution is 0.118. The van der Waals surface area contributed by atoms with Gasteiger partial charge in [0.25, 0.3) is 0 Å². The minimum Gasteiger partial charge on any atom is -0.448 e. The number of carbonyl (C=O) groups is 1. The van der Waals surface area contributed by atoms with Gasteiger partial charge in [0, 0.05) is 13.8 Å². The fraction of sp³-hybridized carbons (Fsp3) is 0.600. The van der Waals surface area contributed by atoms with E-state index in [2.05, 4.69) is 16.6 Å². The summed E-state index contributed by atoms with van der Waals surface area (Å²) in [7, 11) is 1.48. The lowest BCUT2D eigenvalue weighted by atomic mass is 10.8. The molecule has 0 fully saturated rings. The van der Waals surface area contributed by atoms with Crippen LogP contribution in [0.4, 0.5) is 4.79 Å². The van der Waals surface area contributed by atoms with Crippen LogP contribution in [-0.4, -0.2) is 31.5 Å². The van der Waals surface area contributed by atoms with Gasteiger partial charge in [-0.1, -0.05) is 0 Å². The first-order valence-corrected chi connectivity index (χ1v) is 2.59. The Balaban J connectivity index is 3.58. The zero-order chi connectivity index (χ0) is 7.28. The summed E-state index contributed by atoms with van der Waals surface area (Å²) in [5.74, 6) is 0. The molecule has 0 rings (SSSR count). The van der Waals surface area contributed by atoms with E-state index in [4.69, 9.17) is 0 Å². The second-order valence-electron chi connectivity index (χ2n) is 1.36. The molecule has 0 unspecified atom stereocenters. The van der Waals surface area contributed by atoms with Crippen LogP contribution in [-0.2, 0) is 4.74 Å². The maximum absolute atomic E-state index is 10.5. The van der Waals surface area contributed by atoms with Gasteiger partial charge in [0.2, 0.25) is 0 Å². The molecule has 0 aromatic carbocycles. The van der Waals surface area contributed by atoms with E-state index in [1.165, 1.54) is 7.05 Å². The van der Waals surface area contributed by atoms with Crippen LogP contribution < -0.4 is 0 Å². The monoisotopic (exact) mass is 130 g/mol. The average molecular weight is 130 g/mol. The lowest BCUT2D eigenvalue weighted by Crippen LogP contribution is -2.21. The molecule has 4 heteroatoms. The van der Waals surface area contributed by atoms with E-state index in [0.717, 1.165) is 5.01 Å². The summed E-state index contributed by atoms with van der Waals surface area (Å²) < 4.78 is 4.55. The first-order chi connectivity index (χ1) is 4.22. The molecule has 0 bridgehead atoms. The Hall–Kier alpha value is -1.06. The topological polar surface area (TPSA) is 41.9 Å².